The summed E-state index contributed by atoms with van der Waals surface area (Å²) in [7, 11) is 0. The van der Waals surface area contributed by atoms with Gasteiger partial charge in [-0.25, -0.2) is 4.39 Å². The second-order valence-electron chi connectivity index (χ2n) is 6.38. The molecular formula is C20H20FN3O3. The Bertz CT molecular complexity index is 816. The van der Waals surface area contributed by atoms with Crippen molar-refractivity contribution in [1.82, 2.24) is 15.8 Å². The number of nitrogens with one attached hydrogen (secondary N) is 2. The van der Waals surface area contributed by atoms with Crippen molar-refractivity contribution >= 4 is 17.7 Å². The number of likely N-dealkylation sites (tertiary alicyclic amines) is 1. The topological polar surface area (TPSA) is 78.5 Å². The molecule has 0 bridgehead atoms. The van der Waals surface area contributed by atoms with Gasteiger partial charge in [0.15, 0.2) is 0 Å². The lowest BCUT2D eigenvalue weighted by atomic mass is 9.95. The number of carbonyl (C=O) groups is 3. The standard InChI is InChI=1S/C20H20FN3O3/c21-17-8-6-16(7-9-17)20(27)24-12-10-15(11-13-24)19(26)23-22-18(25)14-4-2-1-3-5-14/h1-9,15H,10-13H2,(H,22,25)(H,23,26). The van der Waals surface area contributed by atoms with E-state index in [0.29, 0.717) is 37.1 Å². The minimum absolute atomic E-state index is 0.175. The fourth-order valence-corrected chi connectivity index (χ4v) is 3.00. The van der Waals surface area contributed by atoms with Crippen molar-refractivity contribution < 1.29 is 18.8 Å². The number of carbonyl (C=O) groups excluding carboxylic acids is 3. The number of halogens is 1. The van der Waals surface area contributed by atoms with Gasteiger partial charge < -0.3 is 4.90 Å². The van der Waals surface area contributed by atoms with E-state index in [0.717, 1.165) is 0 Å². The molecule has 0 saturated carbocycles. The molecule has 27 heavy (non-hydrogen) atoms. The van der Waals surface area contributed by atoms with E-state index in [9.17, 15) is 18.8 Å². The number of piperidine rings is 1. The molecule has 0 aromatic heterocycles. The van der Waals surface area contributed by atoms with Crippen LogP contribution in [0.1, 0.15) is 33.6 Å². The molecule has 1 fully saturated rings. The van der Waals surface area contributed by atoms with E-state index in [1.54, 1.807) is 35.2 Å². The van der Waals surface area contributed by atoms with E-state index in [1.165, 1.54) is 24.3 Å². The quantitative estimate of drug-likeness (QED) is 0.814. The van der Waals surface area contributed by atoms with Crippen LogP contribution < -0.4 is 10.9 Å². The van der Waals surface area contributed by atoms with Crippen molar-refractivity contribution in [3.63, 3.8) is 0 Å². The van der Waals surface area contributed by atoms with Gasteiger partial charge in [-0.05, 0) is 49.2 Å². The van der Waals surface area contributed by atoms with Crippen LogP contribution in [0.15, 0.2) is 54.6 Å². The molecule has 2 N–H and O–H groups in total. The Morgan fingerprint density at radius 2 is 1.48 bits per heavy atom. The van der Waals surface area contributed by atoms with Crippen LogP contribution in [0.3, 0.4) is 0 Å². The van der Waals surface area contributed by atoms with Gasteiger partial charge in [-0.3, -0.25) is 25.2 Å². The Morgan fingerprint density at radius 1 is 0.852 bits per heavy atom. The Kier molecular flexibility index (Phi) is 5.80. The van der Waals surface area contributed by atoms with E-state index in [2.05, 4.69) is 10.9 Å². The molecule has 1 aliphatic rings. The molecular weight excluding hydrogens is 349 g/mol. The van der Waals surface area contributed by atoms with Crippen molar-refractivity contribution in [1.29, 1.82) is 0 Å². The van der Waals surface area contributed by atoms with Gasteiger partial charge >= 0.3 is 0 Å². The lowest BCUT2D eigenvalue weighted by molar-refractivity contribution is -0.127. The molecule has 7 heteroatoms. The van der Waals surface area contributed by atoms with Gasteiger partial charge in [0.2, 0.25) is 5.91 Å². The molecule has 1 aliphatic heterocycles. The van der Waals surface area contributed by atoms with Crippen molar-refractivity contribution in [2.75, 3.05) is 13.1 Å². The van der Waals surface area contributed by atoms with Gasteiger partial charge in [0.05, 0.1) is 0 Å². The second kappa shape index (κ2) is 8.44. The number of rotatable bonds is 3. The van der Waals surface area contributed by atoms with Crippen LogP contribution in [0.2, 0.25) is 0 Å². The third kappa shape index (κ3) is 4.69. The molecule has 0 atom stereocenters. The molecule has 2 aromatic carbocycles. The van der Waals surface area contributed by atoms with E-state index < -0.39 is 0 Å². The first-order chi connectivity index (χ1) is 13.0. The second-order valence-corrected chi connectivity index (χ2v) is 6.38. The SMILES string of the molecule is O=C(NNC(=O)C1CCN(C(=O)c2ccc(F)cc2)CC1)c1ccccc1. The summed E-state index contributed by atoms with van der Waals surface area (Å²) < 4.78 is 13.0. The maximum Gasteiger partial charge on any atom is 0.269 e. The lowest BCUT2D eigenvalue weighted by Gasteiger charge is -2.31. The highest BCUT2D eigenvalue weighted by atomic mass is 19.1. The molecule has 0 spiro atoms. The molecule has 140 valence electrons. The Morgan fingerprint density at radius 3 is 2.11 bits per heavy atom. The molecule has 2 aromatic rings. The third-order valence-corrected chi connectivity index (χ3v) is 4.58. The highest BCUT2D eigenvalue weighted by Crippen LogP contribution is 2.19. The molecule has 0 aliphatic carbocycles. The maximum absolute atomic E-state index is 13.0. The van der Waals surface area contributed by atoms with Gasteiger partial charge in [0.1, 0.15) is 5.82 Å². The average molecular weight is 369 g/mol. The van der Waals surface area contributed by atoms with Crippen LogP contribution in [0.5, 0.6) is 0 Å². The van der Waals surface area contributed by atoms with Gasteiger partial charge in [-0.1, -0.05) is 18.2 Å². The minimum atomic E-state index is -0.389. The summed E-state index contributed by atoms with van der Waals surface area (Å²) in [6.45, 7) is 0.863. The summed E-state index contributed by atoms with van der Waals surface area (Å²) in [5, 5.41) is 0. The average Bonchev–Trinajstić information content (AvgIpc) is 2.72. The van der Waals surface area contributed by atoms with Crippen molar-refractivity contribution in [3.05, 3.63) is 71.5 Å². The van der Waals surface area contributed by atoms with E-state index in [1.807, 2.05) is 0 Å². The van der Waals surface area contributed by atoms with Crippen molar-refractivity contribution in [2.45, 2.75) is 12.8 Å². The Balaban J connectivity index is 1.47. The molecule has 0 radical (unpaired) electrons. The minimum Gasteiger partial charge on any atom is -0.339 e. The molecule has 3 amide bonds. The zero-order valence-electron chi connectivity index (χ0n) is 14.7. The summed E-state index contributed by atoms with van der Waals surface area (Å²) in [5.74, 6) is -1.50. The zero-order valence-corrected chi connectivity index (χ0v) is 14.7. The van der Waals surface area contributed by atoms with Crippen LogP contribution in [0.25, 0.3) is 0 Å². The van der Waals surface area contributed by atoms with Crippen molar-refractivity contribution in [2.24, 2.45) is 5.92 Å². The number of amides is 3. The summed E-state index contributed by atoms with van der Waals surface area (Å²) in [6.07, 6.45) is 1.000. The van der Waals surface area contributed by atoms with Gasteiger partial charge in [0, 0.05) is 30.1 Å². The van der Waals surface area contributed by atoms with E-state index in [4.69, 9.17) is 0 Å². The molecule has 3 rings (SSSR count). The van der Waals surface area contributed by atoms with Gasteiger partial charge in [-0.2, -0.15) is 0 Å². The molecule has 0 unspecified atom stereocenters. The van der Waals surface area contributed by atoms with Gasteiger partial charge in [0.25, 0.3) is 11.8 Å². The van der Waals surface area contributed by atoms with E-state index in [-0.39, 0.29) is 29.5 Å². The number of nitrogens with zero attached hydrogens (tertiary/aromatic N) is 1. The Hall–Kier alpha value is -3.22. The largest absolute Gasteiger partial charge is 0.339 e. The Labute approximate surface area is 156 Å². The normalized spacial score (nSPS) is 14.5. The van der Waals surface area contributed by atoms with Crippen LogP contribution in [-0.4, -0.2) is 35.7 Å². The summed E-state index contributed by atoms with van der Waals surface area (Å²) >= 11 is 0. The number of hydrazine groups is 1. The first kappa shape index (κ1) is 18.6. The van der Waals surface area contributed by atoms with Crippen LogP contribution in [0.4, 0.5) is 4.39 Å². The highest BCUT2D eigenvalue weighted by Gasteiger charge is 2.28. The lowest BCUT2D eigenvalue weighted by Crippen LogP contribution is -2.48. The number of hydrogen-bond donors (Lipinski definition) is 2. The van der Waals surface area contributed by atoms with Crippen LogP contribution >= 0.6 is 0 Å². The number of benzene rings is 2. The fraction of sp³-hybridized carbons (Fsp3) is 0.250. The maximum atomic E-state index is 13.0. The number of hydrogen-bond acceptors (Lipinski definition) is 3. The smallest absolute Gasteiger partial charge is 0.269 e. The van der Waals surface area contributed by atoms with Crippen LogP contribution in [0, 0.1) is 11.7 Å². The predicted octanol–water partition coefficient (Wildman–Crippen LogP) is 2.14. The summed E-state index contributed by atoms with van der Waals surface area (Å²) in [4.78, 5) is 38.3. The third-order valence-electron chi connectivity index (χ3n) is 4.58. The van der Waals surface area contributed by atoms with Crippen LogP contribution in [-0.2, 0) is 4.79 Å². The first-order valence-corrected chi connectivity index (χ1v) is 8.74. The van der Waals surface area contributed by atoms with E-state index >= 15 is 0 Å². The summed E-state index contributed by atoms with van der Waals surface area (Å²) in [6, 6.07) is 14.0. The molecule has 1 saturated heterocycles. The van der Waals surface area contributed by atoms with Gasteiger partial charge in [-0.15, -0.1) is 0 Å². The molecule has 1 heterocycles. The summed E-state index contributed by atoms with van der Waals surface area (Å²) in [5.41, 5.74) is 5.74. The molecule has 6 nitrogen and oxygen atoms in total. The monoisotopic (exact) mass is 369 g/mol. The first-order valence-electron chi connectivity index (χ1n) is 8.74. The zero-order chi connectivity index (χ0) is 19.2. The van der Waals surface area contributed by atoms with Crippen molar-refractivity contribution in [3.8, 4) is 0 Å². The fourth-order valence-electron chi connectivity index (χ4n) is 3.00. The predicted molar refractivity (Wildman–Crippen MR) is 97.1 cm³/mol. The highest BCUT2D eigenvalue weighted by molar-refractivity contribution is 5.96.